The molecule has 3 aromatic rings. The minimum atomic E-state index is 0.575. The average molecular weight is 256 g/mol. The van der Waals surface area contributed by atoms with Gasteiger partial charge in [0.25, 0.3) is 0 Å². The zero-order valence-corrected chi connectivity index (χ0v) is 10.8. The minimum Gasteiger partial charge on any atom is -0.457 e. The second kappa shape index (κ2) is 3.99. The Labute approximate surface area is 108 Å². The number of thiazole rings is 1. The largest absolute Gasteiger partial charge is 0.457 e. The summed E-state index contributed by atoms with van der Waals surface area (Å²) in [5, 5.41) is 2.64. The highest BCUT2D eigenvalue weighted by molar-refractivity contribution is 7.22. The number of hydrogen-bond acceptors (Lipinski definition) is 4. The van der Waals surface area contributed by atoms with Gasteiger partial charge in [0.15, 0.2) is 5.13 Å². The Hall–Kier alpha value is -2.07. The highest BCUT2D eigenvalue weighted by Crippen LogP contribution is 2.26. The zero-order chi connectivity index (χ0) is 12.7. The molecule has 4 heteroatoms. The quantitative estimate of drug-likeness (QED) is 0.727. The summed E-state index contributed by atoms with van der Waals surface area (Å²) >= 11 is 1.48. The van der Waals surface area contributed by atoms with E-state index < -0.39 is 0 Å². The van der Waals surface area contributed by atoms with Crippen molar-refractivity contribution in [2.24, 2.45) is 0 Å². The average Bonchev–Trinajstić information content (AvgIpc) is 2.81. The Morgan fingerprint density at radius 1 is 1.44 bits per heavy atom. The monoisotopic (exact) mass is 256 g/mol. The fourth-order valence-corrected chi connectivity index (χ4v) is 2.74. The molecule has 0 saturated heterocycles. The van der Waals surface area contributed by atoms with Crippen molar-refractivity contribution in [3.63, 3.8) is 0 Å². The van der Waals surface area contributed by atoms with Gasteiger partial charge in [-0.2, -0.15) is 0 Å². The number of rotatable bonds is 1. The summed E-state index contributed by atoms with van der Waals surface area (Å²) in [5.41, 5.74) is 8.06. The van der Waals surface area contributed by atoms with E-state index in [1.807, 2.05) is 31.2 Å². The maximum Gasteiger partial charge on any atom is 0.181 e. The van der Waals surface area contributed by atoms with Crippen LogP contribution in [-0.2, 0) is 0 Å². The molecule has 2 aromatic heterocycles. The molecule has 90 valence electrons. The number of hydrogen-bond donors (Lipinski definition) is 1. The van der Waals surface area contributed by atoms with Gasteiger partial charge in [-0.05, 0) is 13.0 Å². The number of fused-ring (bicyclic) bond motifs is 2. The SMILES string of the molecule is C=c1oc2cc3nc(N)sc3cc2/c1=C/C=C\C. The molecule has 0 atom stereocenters. The zero-order valence-electron chi connectivity index (χ0n) is 9.93. The van der Waals surface area contributed by atoms with Gasteiger partial charge in [-0.1, -0.05) is 36.1 Å². The first kappa shape index (κ1) is 11.0. The van der Waals surface area contributed by atoms with Crippen LogP contribution < -0.4 is 16.4 Å². The summed E-state index contributed by atoms with van der Waals surface area (Å²) in [6.45, 7) is 5.91. The first-order valence-corrected chi connectivity index (χ1v) is 6.41. The Morgan fingerprint density at radius 3 is 3.06 bits per heavy atom. The second-order valence-electron chi connectivity index (χ2n) is 4.00. The summed E-state index contributed by atoms with van der Waals surface area (Å²) in [5.74, 6) is 0. The Bertz CT molecular complexity index is 871. The van der Waals surface area contributed by atoms with Crippen molar-refractivity contribution in [1.29, 1.82) is 0 Å². The third kappa shape index (κ3) is 1.62. The highest BCUT2D eigenvalue weighted by atomic mass is 32.1. The number of aromatic nitrogens is 1. The molecule has 18 heavy (non-hydrogen) atoms. The number of nitrogens with two attached hydrogens (primary N) is 1. The van der Waals surface area contributed by atoms with Crippen molar-refractivity contribution in [3.05, 3.63) is 34.9 Å². The number of nitrogens with zero attached hydrogens (tertiary/aromatic N) is 1. The molecule has 0 unspecified atom stereocenters. The number of nitrogen functional groups attached to an aromatic ring is 1. The number of benzene rings is 1. The molecule has 3 rings (SSSR count). The van der Waals surface area contributed by atoms with E-state index in [4.69, 9.17) is 10.2 Å². The predicted octanol–water partition coefficient (Wildman–Crippen LogP) is 2.39. The van der Waals surface area contributed by atoms with Crippen LogP contribution in [0.15, 0.2) is 28.7 Å². The number of anilines is 1. The van der Waals surface area contributed by atoms with E-state index in [2.05, 4.69) is 17.6 Å². The van der Waals surface area contributed by atoms with Crippen molar-refractivity contribution in [2.45, 2.75) is 6.92 Å². The van der Waals surface area contributed by atoms with Gasteiger partial charge in [-0.15, -0.1) is 0 Å². The van der Waals surface area contributed by atoms with Crippen LogP contribution in [-0.4, -0.2) is 4.98 Å². The van der Waals surface area contributed by atoms with Crippen LogP contribution in [0.1, 0.15) is 6.92 Å². The van der Waals surface area contributed by atoms with Gasteiger partial charge in [-0.3, -0.25) is 0 Å². The Kier molecular flexibility index (Phi) is 2.45. The van der Waals surface area contributed by atoms with E-state index in [0.717, 1.165) is 26.4 Å². The highest BCUT2D eigenvalue weighted by Gasteiger charge is 2.07. The lowest BCUT2D eigenvalue weighted by atomic mass is 10.2. The van der Waals surface area contributed by atoms with E-state index in [1.54, 1.807) is 0 Å². The van der Waals surface area contributed by atoms with E-state index >= 15 is 0 Å². The van der Waals surface area contributed by atoms with Crippen molar-refractivity contribution in [3.8, 4) is 0 Å². The lowest BCUT2D eigenvalue weighted by Crippen LogP contribution is -2.17. The van der Waals surface area contributed by atoms with Crippen molar-refractivity contribution in [2.75, 3.05) is 5.73 Å². The van der Waals surface area contributed by atoms with Crippen molar-refractivity contribution >= 4 is 50.3 Å². The maximum absolute atomic E-state index is 5.72. The van der Waals surface area contributed by atoms with Gasteiger partial charge in [0.1, 0.15) is 11.0 Å². The Morgan fingerprint density at radius 2 is 2.28 bits per heavy atom. The van der Waals surface area contributed by atoms with Gasteiger partial charge in [0, 0.05) is 16.7 Å². The summed E-state index contributed by atoms with van der Waals surface area (Å²) in [6, 6.07) is 3.98. The summed E-state index contributed by atoms with van der Waals surface area (Å²) in [7, 11) is 0. The lowest BCUT2D eigenvalue weighted by molar-refractivity contribution is 0.578. The van der Waals surface area contributed by atoms with Crippen LogP contribution in [0.2, 0.25) is 0 Å². The minimum absolute atomic E-state index is 0.575. The Balaban J connectivity index is 2.46. The molecule has 2 N–H and O–H groups in total. The van der Waals surface area contributed by atoms with Gasteiger partial charge in [0.05, 0.1) is 10.2 Å². The molecular formula is C14H12N2OS. The van der Waals surface area contributed by atoms with Crippen LogP contribution in [0.5, 0.6) is 0 Å². The van der Waals surface area contributed by atoms with E-state index in [0.29, 0.717) is 10.5 Å². The van der Waals surface area contributed by atoms with Crippen LogP contribution in [0.25, 0.3) is 33.8 Å². The fraction of sp³-hybridized carbons (Fsp3) is 0.0714. The van der Waals surface area contributed by atoms with Crippen LogP contribution >= 0.6 is 11.3 Å². The predicted molar refractivity (Wildman–Crippen MR) is 77.9 cm³/mol. The normalized spacial score (nSPS) is 13.3. The first-order valence-electron chi connectivity index (χ1n) is 5.59. The molecule has 3 nitrogen and oxygen atoms in total. The second-order valence-corrected chi connectivity index (χ2v) is 5.06. The van der Waals surface area contributed by atoms with Crippen LogP contribution in [0.4, 0.5) is 5.13 Å². The molecule has 1 aromatic carbocycles. The molecule has 2 heterocycles. The van der Waals surface area contributed by atoms with Crippen molar-refractivity contribution in [1.82, 2.24) is 4.98 Å². The first-order chi connectivity index (χ1) is 8.69. The van der Waals surface area contributed by atoms with Crippen molar-refractivity contribution < 1.29 is 4.42 Å². The third-order valence-electron chi connectivity index (χ3n) is 2.79. The molecule has 0 radical (unpaired) electrons. The van der Waals surface area contributed by atoms with Gasteiger partial charge in [0.2, 0.25) is 0 Å². The van der Waals surface area contributed by atoms with E-state index in [-0.39, 0.29) is 0 Å². The molecule has 0 amide bonds. The van der Waals surface area contributed by atoms with Crippen LogP contribution in [0.3, 0.4) is 0 Å². The number of allylic oxidation sites excluding steroid dienone is 2. The molecule has 0 saturated carbocycles. The third-order valence-corrected chi connectivity index (χ3v) is 3.63. The molecule has 0 fully saturated rings. The standard InChI is InChI=1S/C14H12N2OS/c1-3-4-5-9-8(2)17-12-7-11-13(6-10(9)12)18-14(15)16-11/h3-7H,2H2,1H3,(H2,15,16)/b4-3-,9-5+. The van der Waals surface area contributed by atoms with Gasteiger partial charge in [-0.25, -0.2) is 4.98 Å². The van der Waals surface area contributed by atoms with E-state index in [9.17, 15) is 0 Å². The summed E-state index contributed by atoms with van der Waals surface area (Å²) in [4.78, 5) is 4.26. The molecule has 0 bridgehead atoms. The smallest absolute Gasteiger partial charge is 0.181 e. The fourth-order valence-electron chi connectivity index (χ4n) is 1.98. The van der Waals surface area contributed by atoms with Gasteiger partial charge < -0.3 is 10.2 Å². The molecule has 0 aliphatic rings. The summed E-state index contributed by atoms with van der Waals surface area (Å²) in [6.07, 6.45) is 5.95. The van der Waals surface area contributed by atoms with Crippen LogP contribution in [0, 0.1) is 0 Å². The molecule has 0 spiro atoms. The maximum atomic E-state index is 5.72. The van der Waals surface area contributed by atoms with E-state index in [1.165, 1.54) is 11.3 Å². The molecular weight excluding hydrogens is 244 g/mol. The molecule has 0 aliphatic heterocycles. The van der Waals surface area contributed by atoms with Gasteiger partial charge >= 0.3 is 0 Å². The summed E-state index contributed by atoms with van der Waals surface area (Å²) < 4.78 is 6.73. The topological polar surface area (TPSA) is 52.0 Å². The molecule has 0 aliphatic carbocycles. The lowest BCUT2D eigenvalue weighted by Gasteiger charge is -1.88. The number of furan rings is 1.